The van der Waals surface area contributed by atoms with E-state index < -0.39 is 17.0 Å². The summed E-state index contributed by atoms with van der Waals surface area (Å²) in [5, 5.41) is 18.3. The van der Waals surface area contributed by atoms with E-state index in [1.54, 1.807) is 6.92 Å². The zero-order chi connectivity index (χ0) is 18.7. The number of esters is 1. The van der Waals surface area contributed by atoms with Crippen LogP contribution in [-0.4, -0.2) is 21.1 Å². The second kappa shape index (κ2) is 7.09. The molecule has 1 heterocycles. The number of hydrogen-bond donors (Lipinski definition) is 0. The summed E-state index contributed by atoms with van der Waals surface area (Å²) in [6.07, 6.45) is -0.834. The molecule has 8 nitrogen and oxygen atoms in total. The van der Waals surface area contributed by atoms with Gasteiger partial charge in [0.1, 0.15) is 5.82 Å². The molecule has 9 heteroatoms. The van der Waals surface area contributed by atoms with Crippen molar-refractivity contribution in [1.82, 2.24) is 10.2 Å². The van der Waals surface area contributed by atoms with Crippen LogP contribution in [0.25, 0.3) is 11.5 Å². The third-order valence-corrected chi connectivity index (χ3v) is 3.48. The summed E-state index contributed by atoms with van der Waals surface area (Å²) in [7, 11) is 0. The van der Waals surface area contributed by atoms with Crippen molar-refractivity contribution in [2.24, 2.45) is 0 Å². The van der Waals surface area contributed by atoms with Gasteiger partial charge in [-0.2, -0.15) is 0 Å². The first-order valence-electron chi connectivity index (χ1n) is 7.49. The van der Waals surface area contributed by atoms with Crippen molar-refractivity contribution in [3.8, 4) is 11.5 Å². The van der Waals surface area contributed by atoms with Crippen molar-refractivity contribution >= 4 is 11.7 Å². The summed E-state index contributed by atoms with van der Waals surface area (Å²) < 4.78 is 23.6. The Labute approximate surface area is 146 Å². The molecular formula is C17H12FN3O5. The van der Waals surface area contributed by atoms with Crippen LogP contribution in [0.2, 0.25) is 0 Å². The summed E-state index contributed by atoms with van der Waals surface area (Å²) in [4.78, 5) is 22.2. The predicted octanol–water partition coefficient (Wildman–Crippen LogP) is 3.70. The molecular weight excluding hydrogens is 345 g/mol. The lowest BCUT2D eigenvalue weighted by molar-refractivity contribution is -0.384. The minimum Gasteiger partial charge on any atom is -0.449 e. The molecule has 0 bridgehead atoms. The number of carbonyl (C=O) groups is 1. The number of non-ortho nitro benzene ring substituents is 1. The molecule has 0 spiro atoms. The van der Waals surface area contributed by atoms with Crippen LogP contribution >= 0.6 is 0 Å². The highest BCUT2D eigenvalue weighted by Gasteiger charge is 2.20. The van der Waals surface area contributed by atoms with E-state index in [0.717, 1.165) is 0 Å². The number of carbonyl (C=O) groups excluding carboxylic acids is 1. The van der Waals surface area contributed by atoms with Crippen molar-refractivity contribution in [2.45, 2.75) is 13.0 Å². The van der Waals surface area contributed by atoms with Gasteiger partial charge in [-0.1, -0.05) is 0 Å². The van der Waals surface area contributed by atoms with Crippen LogP contribution in [0.15, 0.2) is 52.9 Å². The number of halogens is 1. The number of benzene rings is 2. The number of ether oxygens (including phenoxy) is 1. The van der Waals surface area contributed by atoms with Gasteiger partial charge in [-0.15, -0.1) is 10.2 Å². The standard InChI is InChI=1S/C17H12FN3O5/c1-10(25-17(22)12-4-8-14(9-5-12)21(23)24)15-19-20-16(26-15)11-2-6-13(18)7-3-11/h2-10H,1H3/t10-/m0/s1. The Morgan fingerprint density at radius 3 is 2.42 bits per heavy atom. The van der Waals surface area contributed by atoms with Crippen LogP contribution in [-0.2, 0) is 4.74 Å². The molecule has 0 unspecified atom stereocenters. The van der Waals surface area contributed by atoms with E-state index in [-0.39, 0.29) is 28.8 Å². The first kappa shape index (κ1) is 17.2. The van der Waals surface area contributed by atoms with E-state index in [2.05, 4.69) is 10.2 Å². The Balaban J connectivity index is 1.69. The highest BCUT2D eigenvalue weighted by Crippen LogP contribution is 2.23. The second-order valence-corrected chi connectivity index (χ2v) is 5.30. The SMILES string of the molecule is C[C@H](OC(=O)c1ccc([N+](=O)[O-])cc1)c1nnc(-c2ccc(F)cc2)o1. The minimum atomic E-state index is -0.834. The molecule has 1 aromatic heterocycles. The normalized spacial score (nSPS) is 11.8. The van der Waals surface area contributed by atoms with Crippen molar-refractivity contribution in [3.63, 3.8) is 0 Å². The Kier molecular flexibility index (Phi) is 4.70. The van der Waals surface area contributed by atoms with Crippen LogP contribution in [0, 0.1) is 15.9 Å². The molecule has 0 saturated carbocycles. The number of nitro benzene ring substituents is 1. The number of nitrogens with zero attached hydrogens (tertiary/aromatic N) is 3. The van der Waals surface area contributed by atoms with E-state index in [1.807, 2.05) is 0 Å². The molecule has 132 valence electrons. The van der Waals surface area contributed by atoms with E-state index in [9.17, 15) is 19.3 Å². The van der Waals surface area contributed by atoms with Gasteiger partial charge in [0.15, 0.2) is 6.10 Å². The maximum atomic E-state index is 12.9. The number of aromatic nitrogens is 2. The summed E-state index contributed by atoms with van der Waals surface area (Å²) in [5.41, 5.74) is 0.551. The molecule has 0 saturated heterocycles. The van der Waals surface area contributed by atoms with Gasteiger partial charge in [0.2, 0.25) is 5.89 Å². The maximum Gasteiger partial charge on any atom is 0.338 e. The van der Waals surface area contributed by atoms with E-state index in [1.165, 1.54) is 48.5 Å². The van der Waals surface area contributed by atoms with Crippen LogP contribution in [0.1, 0.15) is 29.3 Å². The maximum absolute atomic E-state index is 12.9. The fourth-order valence-electron chi connectivity index (χ4n) is 2.11. The van der Waals surface area contributed by atoms with Gasteiger partial charge in [0, 0.05) is 17.7 Å². The quantitative estimate of drug-likeness (QED) is 0.389. The molecule has 0 aliphatic carbocycles. The largest absolute Gasteiger partial charge is 0.449 e. The number of rotatable bonds is 5. The van der Waals surface area contributed by atoms with Gasteiger partial charge < -0.3 is 9.15 Å². The van der Waals surface area contributed by atoms with Crippen LogP contribution in [0.3, 0.4) is 0 Å². The molecule has 0 aliphatic heterocycles. The zero-order valence-corrected chi connectivity index (χ0v) is 13.5. The van der Waals surface area contributed by atoms with Crippen molar-refractivity contribution in [3.05, 3.63) is 75.9 Å². The second-order valence-electron chi connectivity index (χ2n) is 5.30. The Morgan fingerprint density at radius 2 is 1.81 bits per heavy atom. The number of nitro groups is 1. The van der Waals surface area contributed by atoms with Crippen LogP contribution in [0.4, 0.5) is 10.1 Å². The summed E-state index contributed by atoms with van der Waals surface area (Å²) >= 11 is 0. The first-order valence-corrected chi connectivity index (χ1v) is 7.49. The van der Waals surface area contributed by atoms with E-state index in [4.69, 9.17) is 9.15 Å². The van der Waals surface area contributed by atoms with Gasteiger partial charge in [-0.05, 0) is 43.3 Å². The Bertz CT molecular complexity index is 938. The first-order chi connectivity index (χ1) is 12.4. The zero-order valence-electron chi connectivity index (χ0n) is 13.5. The van der Waals surface area contributed by atoms with Crippen molar-refractivity contribution in [2.75, 3.05) is 0 Å². The smallest absolute Gasteiger partial charge is 0.338 e. The van der Waals surface area contributed by atoms with Crippen molar-refractivity contribution in [1.29, 1.82) is 0 Å². The van der Waals surface area contributed by atoms with Gasteiger partial charge in [-0.25, -0.2) is 9.18 Å². The summed E-state index contributed by atoms with van der Waals surface area (Å²) in [6, 6.07) is 10.5. The molecule has 1 atom stereocenters. The molecule has 0 fully saturated rings. The monoisotopic (exact) mass is 357 g/mol. The van der Waals surface area contributed by atoms with Gasteiger partial charge in [-0.3, -0.25) is 10.1 Å². The summed E-state index contributed by atoms with van der Waals surface area (Å²) in [6.45, 7) is 1.55. The fourth-order valence-corrected chi connectivity index (χ4v) is 2.11. The number of hydrogen-bond acceptors (Lipinski definition) is 7. The fraction of sp³-hybridized carbons (Fsp3) is 0.118. The topological polar surface area (TPSA) is 108 Å². The lowest BCUT2D eigenvalue weighted by Crippen LogP contribution is -2.09. The van der Waals surface area contributed by atoms with E-state index in [0.29, 0.717) is 5.56 Å². The molecule has 0 amide bonds. The van der Waals surface area contributed by atoms with Gasteiger partial charge >= 0.3 is 5.97 Å². The lowest BCUT2D eigenvalue weighted by Gasteiger charge is -2.09. The molecule has 0 aliphatic rings. The lowest BCUT2D eigenvalue weighted by atomic mass is 10.2. The Hall–Kier alpha value is -3.62. The summed E-state index contributed by atoms with van der Waals surface area (Å²) in [5.74, 6) is -0.842. The molecule has 0 radical (unpaired) electrons. The molecule has 3 aromatic rings. The third kappa shape index (κ3) is 3.72. The molecule has 26 heavy (non-hydrogen) atoms. The highest BCUT2D eigenvalue weighted by atomic mass is 19.1. The van der Waals surface area contributed by atoms with Crippen LogP contribution < -0.4 is 0 Å². The average Bonchev–Trinajstić information content (AvgIpc) is 3.12. The molecule has 2 aromatic carbocycles. The molecule has 3 rings (SSSR count). The third-order valence-electron chi connectivity index (χ3n) is 3.48. The van der Waals surface area contributed by atoms with Gasteiger partial charge in [0.05, 0.1) is 10.5 Å². The molecule has 0 N–H and O–H groups in total. The van der Waals surface area contributed by atoms with Crippen molar-refractivity contribution < 1.29 is 23.3 Å². The Morgan fingerprint density at radius 1 is 1.15 bits per heavy atom. The van der Waals surface area contributed by atoms with Crippen LogP contribution in [0.5, 0.6) is 0 Å². The minimum absolute atomic E-state index is 0.0691. The highest BCUT2D eigenvalue weighted by molar-refractivity contribution is 5.89. The predicted molar refractivity (Wildman–Crippen MR) is 86.6 cm³/mol. The average molecular weight is 357 g/mol. The van der Waals surface area contributed by atoms with Gasteiger partial charge in [0.25, 0.3) is 11.6 Å². The van der Waals surface area contributed by atoms with E-state index >= 15 is 0 Å².